The predicted octanol–water partition coefficient (Wildman–Crippen LogP) is 0.240. The highest BCUT2D eigenvalue weighted by molar-refractivity contribution is 7.88. The molecular formula is C14H17N7O4S. The number of aryl methyl sites for hydroxylation is 1. The van der Waals surface area contributed by atoms with Crippen LogP contribution < -0.4 is 5.32 Å². The maximum Gasteiger partial charge on any atom is 0.326 e. The monoisotopic (exact) mass is 379 g/mol. The minimum absolute atomic E-state index is 0.0433. The molecule has 0 saturated carbocycles. The Hall–Kier alpha value is -2.70. The Morgan fingerprint density at radius 3 is 2.65 bits per heavy atom. The van der Waals surface area contributed by atoms with Crippen molar-refractivity contribution in [3.05, 3.63) is 30.2 Å². The Labute approximate surface area is 150 Å². The molecule has 3 heterocycles. The van der Waals surface area contributed by atoms with Crippen LogP contribution in [0.25, 0.3) is 11.5 Å². The van der Waals surface area contributed by atoms with E-state index in [2.05, 4.69) is 25.3 Å². The zero-order chi connectivity index (χ0) is 18.7. The van der Waals surface area contributed by atoms with Crippen LogP contribution in [-0.2, 0) is 14.9 Å². The number of anilines is 1. The van der Waals surface area contributed by atoms with Crippen molar-refractivity contribution in [3.63, 3.8) is 0 Å². The van der Waals surface area contributed by atoms with Gasteiger partial charge < -0.3 is 0 Å². The number of amides is 2. The number of hydrogen-bond donors (Lipinski definition) is 1. The second-order valence-corrected chi connectivity index (χ2v) is 7.36. The van der Waals surface area contributed by atoms with Crippen LogP contribution >= 0.6 is 0 Å². The molecule has 0 aliphatic carbocycles. The van der Waals surface area contributed by atoms with Crippen LogP contribution in [0.3, 0.4) is 0 Å². The van der Waals surface area contributed by atoms with Gasteiger partial charge in [-0.2, -0.15) is 9.97 Å². The number of sulfonamides is 1. The Kier molecular flexibility index (Phi) is 5.06. The fourth-order valence-electron chi connectivity index (χ4n) is 2.21. The lowest BCUT2D eigenvalue weighted by Crippen LogP contribution is -2.50. The Balaban J connectivity index is 1.70. The van der Waals surface area contributed by atoms with Gasteiger partial charge in [0.1, 0.15) is 18.2 Å². The van der Waals surface area contributed by atoms with E-state index in [1.807, 2.05) is 0 Å². The maximum absolute atomic E-state index is 12.3. The number of hydrogen-bond acceptors (Lipinski definition) is 8. The van der Waals surface area contributed by atoms with Crippen molar-refractivity contribution in [1.82, 2.24) is 29.3 Å². The van der Waals surface area contributed by atoms with E-state index in [-0.39, 0.29) is 25.8 Å². The quantitative estimate of drug-likeness (QED) is 0.802. The Bertz CT molecular complexity index is 899. The number of carbonyl (C=O) groups is 1. The number of nitrogens with zero attached hydrogens (tertiary/aromatic N) is 6. The van der Waals surface area contributed by atoms with Gasteiger partial charge in [0.2, 0.25) is 16.0 Å². The molecule has 1 fully saturated rings. The molecule has 1 N–H and O–H groups in total. The first-order valence-electron chi connectivity index (χ1n) is 7.63. The van der Waals surface area contributed by atoms with E-state index in [4.69, 9.17) is 4.84 Å². The van der Waals surface area contributed by atoms with Crippen molar-refractivity contribution >= 4 is 22.0 Å². The lowest BCUT2D eigenvalue weighted by atomic mass is 10.3. The molecule has 3 rings (SSSR count). The van der Waals surface area contributed by atoms with E-state index < -0.39 is 16.1 Å². The van der Waals surface area contributed by atoms with Gasteiger partial charge in [-0.25, -0.2) is 18.2 Å². The smallest absolute Gasteiger partial charge is 0.298 e. The molecule has 138 valence electrons. The van der Waals surface area contributed by atoms with Gasteiger partial charge in [0.05, 0.1) is 12.8 Å². The standard InChI is InChI=1S/C14H17N7O4S/c1-10-16-12(11-5-3-4-6-15-11)18-13(17-10)19-14(22)20-7-8-21(25-9-20)26(2,23)24/h3-6H,7-9H2,1-2H3,(H,16,17,18,19,22). The van der Waals surface area contributed by atoms with Gasteiger partial charge in [0.25, 0.3) is 0 Å². The number of urea groups is 1. The van der Waals surface area contributed by atoms with Crippen LogP contribution in [0.5, 0.6) is 0 Å². The predicted molar refractivity (Wildman–Crippen MR) is 91.0 cm³/mol. The molecule has 0 radical (unpaired) electrons. The highest BCUT2D eigenvalue weighted by atomic mass is 32.2. The molecular weight excluding hydrogens is 362 g/mol. The summed E-state index contributed by atoms with van der Waals surface area (Å²) in [4.78, 5) is 35.4. The third kappa shape index (κ3) is 4.28. The summed E-state index contributed by atoms with van der Waals surface area (Å²) in [5.74, 6) is 0.842. The first-order valence-corrected chi connectivity index (χ1v) is 9.48. The van der Waals surface area contributed by atoms with Crippen molar-refractivity contribution < 1.29 is 18.0 Å². The van der Waals surface area contributed by atoms with E-state index in [9.17, 15) is 13.2 Å². The maximum atomic E-state index is 12.3. The molecule has 12 heteroatoms. The second kappa shape index (κ2) is 7.27. The van der Waals surface area contributed by atoms with E-state index in [1.54, 1.807) is 31.3 Å². The van der Waals surface area contributed by atoms with Crippen LogP contribution in [-0.4, -0.2) is 69.8 Å². The van der Waals surface area contributed by atoms with Crippen LogP contribution in [0, 0.1) is 6.92 Å². The van der Waals surface area contributed by atoms with Crippen LogP contribution in [0.1, 0.15) is 5.82 Å². The molecule has 1 aliphatic rings. The van der Waals surface area contributed by atoms with Crippen LogP contribution in [0.2, 0.25) is 0 Å². The summed E-state index contributed by atoms with van der Waals surface area (Å²) >= 11 is 0. The van der Waals surface area contributed by atoms with Gasteiger partial charge in [0, 0.05) is 12.7 Å². The van der Waals surface area contributed by atoms with Crippen molar-refractivity contribution in [1.29, 1.82) is 0 Å². The lowest BCUT2D eigenvalue weighted by Gasteiger charge is -2.32. The first-order chi connectivity index (χ1) is 12.3. The van der Waals surface area contributed by atoms with Crippen LogP contribution in [0.15, 0.2) is 24.4 Å². The second-order valence-electron chi connectivity index (χ2n) is 5.49. The Morgan fingerprint density at radius 2 is 2.04 bits per heavy atom. The summed E-state index contributed by atoms with van der Waals surface area (Å²) in [5.41, 5.74) is 0.554. The summed E-state index contributed by atoms with van der Waals surface area (Å²) in [6.45, 7) is 1.70. The molecule has 0 aromatic carbocycles. The zero-order valence-electron chi connectivity index (χ0n) is 14.2. The van der Waals surface area contributed by atoms with Crippen molar-refractivity contribution in [3.8, 4) is 11.5 Å². The molecule has 2 aromatic heterocycles. The average Bonchev–Trinajstić information content (AvgIpc) is 2.61. The van der Waals surface area contributed by atoms with Gasteiger partial charge >= 0.3 is 6.03 Å². The molecule has 0 atom stereocenters. The third-order valence-corrected chi connectivity index (χ3v) is 4.45. The topological polar surface area (TPSA) is 131 Å². The van der Waals surface area contributed by atoms with Crippen molar-refractivity contribution in [2.24, 2.45) is 0 Å². The lowest BCUT2D eigenvalue weighted by molar-refractivity contribution is -0.150. The summed E-state index contributed by atoms with van der Waals surface area (Å²) in [6.07, 6.45) is 2.65. The molecule has 26 heavy (non-hydrogen) atoms. The molecule has 1 aliphatic heterocycles. The number of nitrogens with one attached hydrogen (secondary N) is 1. The number of hydroxylamine groups is 1. The average molecular weight is 379 g/mol. The van der Waals surface area contributed by atoms with Gasteiger partial charge in [-0.1, -0.05) is 10.5 Å². The fourth-order valence-corrected chi connectivity index (χ4v) is 2.86. The first kappa shape index (κ1) is 18.1. The van der Waals surface area contributed by atoms with Gasteiger partial charge in [0.15, 0.2) is 5.82 Å². The van der Waals surface area contributed by atoms with E-state index >= 15 is 0 Å². The highest BCUT2D eigenvalue weighted by Gasteiger charge is 2.27. The largest absolute Gasteiger partial charge is 0.326 e. The Morgan fingerprint density at radius 1 is 1.23 bits per heavy atom. The molecule has 1 saturated heterocycles. The third-order valence-electron chi connectivity index (χ3n) is 3.43. The van der Waals surface area contributed by atoms with Gasteiger partial charge in [-0.15, -0.1) is 0 Å². The van der Waals surface area contributed by atoms with Crippen LogP contribution in [0.4, 0.5) is 10.7 Å². The minimum atomic E-state index is -3.46. The van der Waals surface area contributed by atoms with Crippen molar-refractivity contribution in [2.75, 3.05) is 31.4 Å². The van der Waals surface area contributed by atoms with E-state index in [1.165, 1.54) is 4.90 Å². The number of carbonyl (C=O) groups excluding carboxylic acids is 1. The van der Waals surface area contributed by atoms with E-state index in [0.717, 1.165) is 10.7 Å². The molecule has 11 nitrogen and oxygen atoms in total. The molecule has 2 aromatic rings. The normalized spacial score (nSPS) is 15.7. The summed E-state index contributed by atoms with van der Waals surface area (Å²) in [5, 5.41) is 2.57. The molecule has 2 amide bonds. The SMILES string of the molecule is Cc1nc(NC(=O)N2CCN(S(C)(=O)=O)OC2)nc(-c2ccccn2)n1. The van der Waals surface area contributed by atoms with Gasteiger partial charge in [-0.3, -0.25) is 20.0 Å². The highest BCUT2D eigenvalue weighted by Crippen LogP contribution is 2.14. The zero-order valence-corrected chi connectivity index (χ0v) is 15.0. The summed E-state index contributed by atoms with van der Waals surface area (Å²) in [6, 6.07) is 4.82. The van der Waals surface area contributed by atoms with Crippen molar-refractivity contribution in [2.45, 2.75) is 6.92 Å². The summed E-state index contributed by atoms with van der Waals surface area (Å²) in [7, 11) is -3.46. The number of pyridine rings is 1. The van der Waals surface area contributed by atoms with E-state index in [0.29, 0.717) is 17.3 Å². The molecule has 0 unspecified atom stereocenters. The molecule has 0 bridgehead atoms. The summed E-state index contributed by atoms with van der Waals surface area (Å²) < 4.78 is 23.7. The van der Waals surface area contributed by atoms with Gasteiger partial charge in [-0.05, 0) is 19.1 Å². The number of aromatic nitrogens is 4. The fraction of sp³-hybridized carbons (Fsp3) is 0.357. The minimum Gasteiger partial charge on any atom is -0.298 e. The molecule has 0 spiro atoms. The number of rotatable bonds is 3.